The average Bonchev–Trinajstić information content (AvgIpc) is 3.11. The highest BCUT2D eigenvalue weighted by Gasteiger charge is 2.27. The third kappa shape index (κ3) is 3.34. The van der Waals surface area contributed by atoms with Crippen molar-refractivity contribution in [1.82, 2.24) is 4.90 Å². The third-order valence-electron chi connectivity index (χ3n) is 3.85. The molecular formula is C16H18N2O4S. The van der Waals surface area contributed by atoms with Crippen molar-refractivity contribution < 1.29 is 18.7 Å². The maximum Gasteiger partial charge on any atom is 0.341 e. The van der Waals surface area contributed by atoms with Crippen molar-refractivity contribution in [3.63, 3.8) is 0 Å². The SMILES string of the molecule is COC(=O)c1cc(/C=C2\SC(N3CCCCC3)=NC2=O)oc1C. The molecule has 1 amide bonds. The molecule has 2 aliphatic rings. The van der Waals surface area contributed by atoms with Crippen LogP contribution in [0.5, 0.6) is 0 Å². The highest BCUT2D eigenvalue weighted by molar-refractivity contribution is 8.18. The fraction of sp³-hybridized carbons (Fsp3) is 0.438. The minimum atomic E-state index is -0.452. The first-order valence-electron chi connectivity index (χ1n) is 7.55. The molecule has 7 heteroatoms. The predicted octanol–water partition coefficient (Wildman–Crippen LogP) is 2.83. The van der Waals surface area contributed by atoms with Gasteiger partial charge in [-0.2, -0.15) is 4.99 Å². The second kappa shape index (κ2) is 6.62. The van der Waals surface area contributed by atoms with Crippen LogP contribution < -0.4 is 0 Å². The number of esters is 1. The number of aryl methyl sites for hydroxylation is 1. The molecule has 1 aromatic rings. The van der Waals surface area contributed by atoms with Gasteiger partial charge in [0.2, 0.25) is 0 Å². The van der Waals surface area contributed by atoms with Crippen LogP contribution in [0.4, 0.5) is 0 Å². The van der Waals surface area contributed by atoms with Crippen LogP contribution in [0.3, 0.4) is 0 Å². The van der Waals surface area contributed by atoms with Crippen molar-refractivity contribution in [2.24, 2.45) is 4.99 Å². The van der Waals surface area contributed by atoms with E-state index in [9.17, 15) is 9.59 Å². The Morgan fingerprint density at radius 3 is 2.83 bits per heavy atom. The molecule has 122 valence electrons. The fourth-order valence-electron chi connectivity index (χ4n) is 2.64. The maximum absolute atomic E-state index is 12.1. The largest absolute Gasteiger partial charge is 0.465 e. The lowest BCUT2D eigenvalue weighted by Gasteiger charge is -2.27. The lowest BCUT2D eigenvalue weighted by Crippen LogP contribution is -2.33. The van der Waals surface area contributed by atoms with Gasteiger partial charge in [0.25, 0.3) is 5.91 Å². The van der Waals surface area contributed by atoms with E-state index in [0.29, 0.717) is 22.0 Å². The molecule has 2 aliphatic heterocycles. The molecule has 0 bridgehead atoms. The number of rotatable bonds is 2. The number of hydrogen-bond acceptors (Lipinski definition) is 6. The van der Waals surface area contributed by atoms with Gasteiger partial charge in [-0.15, -0.1) is 0 Å². The Bertz CT molecular complexity index is 699. The second-order valence-electron chi connectivity index (χ2n) is 5.47. The van der Waals surface area contributed by atoms with Crippen LogP contribution in [0.25, 0.3) is 6.08 Å². The minimum absolute atomic E-state index is 0.260. The second-order valence-corrected chi connectivity index (χ2v) is 6.48. The van der Waals surface area contributed by atoms with Gasteiger partial charge in [-0.25, -0.2) is 4.79 Å². The summed E-state index contributed by atoms with van der Waals surface area (Å²) < 4.78 is 10.2. The lowest BCUT2D eigenvalue weighted by molar-refractivity contribution is -0.113. The topological polar surface area (TPSA) is 72.1 Å². The first-order valence-corrected chi connectivity index (χ1v) is 8.36. The molecule has 0 unspecified atom stereocenters. The van der Waals surface area contributed by atoms with E-state index < -0.39 is 5.97 Å². The van der Waals surface area contributed by atoms with Crippen LogP contribution in [-0.2, 0) is 9.53 Å². The number of carbonyl (C=O) groups excluding carboxylic acids is 2. The summed E-state index contributed by atoms with van der Waals surface area (Å²) in [7, 11) is 1.32. The van der Waals surface area contributed by atoms with Gasteiger partial charge in [-0.3, -0.25) is 4.79 Å². The van der Waals surface area contributed by atoms with Gasteiger partial charge in [0.05, 0.1) is 12.0 Å². The molecule has 0 saturated carbocycles. The Labute approximate surface area is 138 Å². The van der Waals surface area contributed by atoms with Crippen molar-refractivity contribution in [3.05, 3.63) is 28.1 Å². The van der Waals surface area contributed by atoms with Gasteiger partial charge in [-0.1, -0.05) is 0 Å². The summed E-state index contributed by atoms with van der Waals surface area (Å²) >= 11 is 1.36. The number of aliphatic imine (C=N–C) groups is 1. The monoisotopic (exact) mass is 334 g/mol. The number of amidine groups is 1. The average molecular weight is 334 g/mol. The van der Waals surface area contributed by atoms with Gasteiger partial charge in [0, 0.05) is 19.2 Å². The molecule has 1 saturated heterocycles. The number of amides is 1. The molecule has 0 atom stereocenters. The molecule has 23 heavy (non-hydrogen) atoms. The van der Waals surface area contributed by atoms with Crippen LogP contribution in [0.1, 0.15) is 41.1 Å². The van der Waals surface area contributed by atoms with Crippen LogP contribution in [0.15, 0.2) is 20.4 Å². The minimum Gasteiger partial charge on any atom is -0.465 e. The first kappa shape index (κ1) is 15.9. The number of carbonyl (C=O) groups is 2. The Hall–Kier alpha value is -2.02. The quantitative estimate of drug-likeness (QED) is 0.612. The smallest absolute Gasteiger partial charge is 0.341 e. The normalized spacial score (nSPS) is 20.1. The highest BCUT2D eigenvalue weighted by Crippen LogP contribution is 2.32. The highest BCUT2D eigenvalue weighted by atomic mass is 32.2. The Kier molecular flexibility index (Phi) is 4.56. The summed E-state index contributed by atoms with van der Waals surface area (Å²) in [6.45, 7) is 3.57. The number of nitrogens with zero attached hydrogens (tertiary/aromatic N) is 2. The Morgan fingerprint density at radius 2 is 2.13 bits per heavy atom. The van der Waals surface area contributed by atoms with Gasteiger partial charge < -0.3 is 14.1 Å². The van der Waals surface area contributed by atoms with Crippen molar-refractivity contribution in [1.29, 1.82) is 0 Å². The molecule has 0 radical (unpaired) electrons. The zero-order chi connectivity index (χ0) is 16.4. The van der Waals surface area contributed by atoms with E-state index in [-0.39, 0.29) is 5.91 Å². The number of likely N-dealkylation sites (tertiary alicyclic amines) is 1. The molecule has 0 aliphatic carbocycles. The van der Waals surface area contributed by atoms with Crippen molar-refractivity contribution in [2.75, 3.05) is 20.2 Å². The van der Waals surface area contributed by atoms with Crippen LogP contribution >= 0.6 is 11.8 Å². The molecule has 0 spiro atoms. The van der Waals surface area contributed by atoms with Crippen molar-refractivity contribution in [2.45, 2.75) is 26.2 Å². The summed E-state index contributed by atoms with van der Waals surface area (Å²) in [5.74, 6) is 0.209. The maximum atomic E-state index is 12.1. The zero-order valence-corrected chi connectivity index (χ0v) is 13.9. The van der Waals surface area contributed by atoms with E-state index in [1.54, 1.807) is 19.1 Å². The predicted molar refractivity (Wildman–Crippen MR) is 88.2 cm³/mol. The fourth-order valence-corrected chi connectivity index (χ4v) is 3.58. The number of thioether (sulfide) groups is 1. The summed E-state index contributed by atoms with van der Waals surface area (Å²) in [6, 6.07) is 1.58. The first-order chi connectivity index (χ1) is 11.1. The molecule has 1 aromatic heterocycles. The molecule has 3 heterocycles. The van der Waals surface area contributed by atoms with Crippen molar-refractivity contribution in [3.8, 4) is 0 Å². The molecule has 6 nitrogen and oxygen atoms in total. The summed E-state index contributed by atoms with van der Waals surface area (Å²) in [5.41, 5.74) is 0.368. The summed E-state index contributed by atoms with van der Waals surface area (Å²) in [5, 5.41) is 0.761. The van der Waals surface area contributed by atoms with E-state index in [2.05, 4.69) is 9.89 Å². The van der Waals surface area contributed by atoms with E-state index in [1.807, 2.05) is 0 Å². The number of methoxy groups -OCH3 is 1. The standard InChI is InChI=1S/C16H18N2O4S/c1-10-12(15(20)21-2)8-11(22-10)9-13-14(19)17-16(23-13)18-6-4-3-5-7-18/h8-9H,3-7H2,1-2H3/b13-9-. The summed E-state index contributed by atoms with van der Waals surface area (Å²) in [4.78, 5) is 30.5. The number of hydrogen-bond donors (Lipinski definition) is 0. The lowest BCUT2D eigenvalue weighted by atomic mass is 10.1. The van der Waals surface area contributed by atoms with Gasteiger partial charge in [0.1, 0.15) is 17.1 Å². The number of furan rings is 1. The molecule has 0 N–H and O–H groups in total. The third-order valence-corrected chi connectivity index (χ3v) is 4.90. The van der Waals surface area contributed by atoms with Gasteiger partial charge in [0.15, 0.2) is 5.17 Å². The molecular weight excluding hydrogens is 316 g/mol. The zero-order valence-electron chi connectivity index (χ0n) is 13.1. The van der Waals surface area contributed by atoms with E-state index in [1.165, 1.54) is 25.3 Å². The van der Waals surface area contributed by atoms with E-state index >= 15 is 0 Å². The molecule has 3 rings (SSSR count). The van der Waals surface area contributed by atoms with Gasteiger partial charge in [-0.05, 0) is 44.0 Å². The van der Waals surface area contributed by atoms with Gasteiger partial charge >= 0.3 is 5.97 Å². The van der Waals surface area contributed by atoms with E-state index in [0.717, 1.165) is 31.1 Å². The molecule has 0 aromatic carbocycles. The Balaban J connectivity index is 1.76. The summed E-state index contributed by atoms with van der Waals surface area (Å²) in [6.07, 6.45) is 5.12. The molecule has 1 fully saturated rings. The van der Waals surface area contributed by atoms with Crippen LogP contribution in [0, 0.1) is 6.92 Å². The number of piperidine rings is 1. The van der Waals surface area contributed by atoms with Crippen molar-refractivity contribution >= 4 is 34.9 Å². The Morgan fingerprint density at radius 1 is 1.39 bits per heavy atom. The van der Waals surface area contributed by atoms with Crippen LogP contribution in [-0.4, -0.2) is 42.1 Å². The van der Waals surface area contributed by atoms with Crippen LogP contribution in [0.2, 0.25) is 0 Å². The van der Waals surface area contributed by atoms with E-state index in [4.69, 9.17) is 9.15 Å². The number of ether oxygens (including phenoxy) is 1.